The summed E-state index contributed by atoms with van der Waals surface area (Å²) >= 11 is 0. The molecule has 0 fully saturated rings. The molecule has 8 rings (SSSR count). The minimum absolute atomic E-state index is 0.0226. The van der Waals surface area contributed by atoms with E-state index < -0.39 is 0 Å². The maximum absolute atomic E-state index is 2.42. The molecule has 0 radical (unpaired) electrons. The Hall–Kier alpha value is -4.62. The van der Waals surface area contributed by atoms with Crippen molar-refractivity contribution in [1.82, 2.24) is 4.57 Å². The van der Waals surface area contributed by atoms with E-state index in [4.69, 9.17) is 0 Å². The molecule has 0 atom stereocenters. The number of benzene rings is 6. The van der Waals surface area contributed by atoms with Gasteiger partial charge in [-0.2, -0.15) is 0 Å². The molecule has 1 heteroatoms. The van der Waals surface area contributed by atoms with Gasteiger partial charge in [0.2, 0.25) is 0 Å². The van der Waals surface area contributed by atoms with Crippen LogP contribution in [0.2, 0.25) is 0 Å². The van der Waals surface area contributed by atoms with Gasteiger partial charge in [-0.05, 0) is 87.5 Å². The van der Waals surface area contributed by atoms with Crippen LogP contribution in [0.3, 0.4) is 0 Å². The lowest BCUT2D eigenvalue weighted by molar-refractivity contribution is 0.660. The maximum Gasteiger partial charge on any atom is 0.0547 e. The number of aryl methyl sites for hydroxylation is 1. The van der Waals surface area contributed by atoms with Gasteiger partial charge in [-0.15, -0.1) is 0 Å². The Morgan fingerprint density at radius 2 is 1.23 bits per heavy atom. The first-order chi connectivity index (χ1) is 19.0. The van der Waals surface area contributed by atoms with Gasteiger partial charge in [-0.25, -0.2) is 0 Å². The number of nitrogens with zero attached hydrogens (tertiary/aromatic N) is 1. The Balaban J connectivity index is 1.40. The topological polar surface area (TPSA) is 4.93 Å². The third-order valence-electron chi connectivity index (χ3n) is 8.86. The molecule has 0 bridgehead atoms. The summed E-state index contributed by atoms with van der Waals surface area (Å²) in [7, 11) is 0. The lowest BCUT2D eigenvalue weighted by Crippen LogP contribution is -2.14. The lowest BCUT2D eigenvalue weighted by Gasteiger charge is -2.21. The van der Waals surface area contributed by atoms with Crippen LogP contribution < -0.4 is 0 Å². The monoisotopic (exact) mass is 499 g/mol. The van der Waals surface area contributed by atoms with E-state index in [1.165, 1.54) is 77.2 Å². The summed E-state index contributed by atoms with van der Waals surface area (Å²) in [5.41, 5.74) is 13.0. The van der Waals surface area contributed by atoms with E-state index in [2.05, 4.69) is 147 Å². The number of rotatable bonds is 2. The first kappa shape index (κ1) is 22.4. The van der Waals surface area contributed by atoms with Crippen molar-refractivity contribution in [3.63, 3.8) is 0 Å². The van der Waals surface area contributed by atoms with Gasteiger partial charge in [0.25, 0.3) is 0 Å². The molecule has 0 saturated carbocycles. The highest BCUT2D eigenvalue weighted by Crippen LogP contribution is 2.49. The fourth-order valence-corrected chi connectivity index (χ4v) is 6.84. The molecular formula is C38H29N. The summed E-state index contributed by atoms with van der Waals surface area (Å²) in [6.45, 7) is 6.83. The molecule has 39 heavy (non-hydrogen) atoms. The predicted molar refractivity (Wildman–Crippen MR) is 166 cm³/mol. The van der Waals surface area contributed by atoms with E-state index >= 15 is 0 Å². The van der Waals surface area contributed by atoms with Gasteiger partial charge < -0.3 is 4.57 Å². The van der Waals surface area contributed by atoms with Crippen LogP contribution in [-0.4, -0.2) is 4.57 Å². The predicted octanol–water partition coefficient (Wildman–Crippen LogP) is 10.2. The number of hydrogen-bond donors (Lipinski definition) is 0. The molecule has 0 saturated heterocycles. The van der Waals surface area contributed by atoms with Crippen molar-refractivity contribution in [2.75, 3.05) is 0 Å². The average Bonchev–Trinajstić information content (AvgIpc) is 3.42. The second-order valence-electron chi connectivity index (χ2n) is 11.5. The molecule has 0 spiro atoms. The lowest BCUT2D eigenvalue weighted by atomic mass is 9.82. The van der Waals surface area contributed by atoms with E-state index in [9.17, 15) is 0 Å². The fraction of sp³-hybridized carbons (Fsp3) is 0.105. The largest absolute Gasteiger partial charge is 0.309 e. The molecule has 0 amide bonds. The van der Waals surface area contributed by atoms with Crippen molar-refractivity contribution in [3.05, 3.63) is 138 Å². The number of fused-ring (bicyclic) bond motifs is 8. The summed E-state index contributed by atoms with van der Waals surface area (Å²) in [5, 5.41) is 5.18. The molecule has 7 aromatic rings. The summed E-state index contributed by atoms with van der Waals surface area (Å²) in [4.78, 5) is 0. The van der Waals surface area contributed by atoms with E-state index in [0.29, 0.717) is 0 Å². The van der Waals surface area contributed by atoms with Crippen LogP contribution in [0, 0.1) is 6.92 Å². The van der Waals surface area contributed by atoms with Crippen molar-refractivity contribution in [2.45, 2.75) is 26.2 Å². The van der Waals surface area contributed by atoms with Gasteiger partial charge in [-0.3, -0.25) is 0 Å². The van der Waals surface area contributed by atoms with Crippen molar-refractivity contribution in [2.24, 2.45) is 0 Å². The van der Waals surface area contributed by atoms with Crippen LogP contribution in [0.5, 0.6) is 0 Å². The third-order valence-corrected chi connectivity index (χ3v) is 8.86. The Morgan fingerprint density at radius 3 is 2.10 bits per heavy atom. The molecule has 186 valence electrons. The second-order valence-corrected chi connectivity index (χ2v) is 11.5. The Kier molecular flexibility index (Phi) is 4.56. The zero-order chi connectivity index (χ0) is 26.3. The number of aromatic nitrogens is 1. The SMILES string of the molecule is Cc1ccc(-n2c3ccc(-c4ccc5c(c4)-c4ccccc4C5(C)C)cc3c3c4ccccc4ccc32)cc1. The molecule has 0 aliphatic heterocycles. The summed E-state index contributed by atoms with van der Waals surface area (Å²) in [5.74, 6) is 0. The fourth-order valence-electron chi connectivity index (χ4n) is 6.84. The van der Waals surface area contributed by atoms with Gasteiger partial charge in [0.05, 0.1) is 11.0 Å². The summed E-state index contributed by atoms with van der Waals surface area (Å²) in [6, 6.07) is 45.1. The van der Waals surface area contributed by atoms with E-state index in [1.807, 2.05) is 0 Å². The maximum atomic E-state index is 2.42. The van der Waals surface area contributed by atoms with E-state index in [0.717, 1.165) is 0 Å². The minimum atomic E-state index is 0.0226. The van der Waals surface area contributed by atoms with Crippen LogP contribution in [0.1, 0.15) is 30.5 Å². The first-order valence-corrected chi connectivity index (χ1v) is 13.8. The first-order valence-electron chi connectivity index (χ1n) is 13.8. The molecular weight excluding hydrogens is 470 g/mol. The minimum Gasteiger partial charge on any atom is -0.309 e. The van der Waals surface area contributed by atoms with Crippen LogP contribution in [0.4, 0.5) is 0 Å². The molecule has 1 nitrogen and oxygen atoms in total. The standard InChI is InChI=1S/C38H29N/c1-24-12-17-28(18-13-24)39-35-20-16-27(23-32(35)37-29-9-5-4-8-25(29)15-21-36(37)39)26-14-19-34-31(22-26)30-10-6-7-11-33(30)38(34,2)3/h4-23H,1-3H3. The molecule has 1 heterocycles. The van der Waals surface area contributed by atoms with Gasteiger partial charge in [-0.1, -0.05) is 104 Å². The zero-order valence-electron chi connectivity index (χ0n) is 22.5. The van der Waals surface area contributed by atoms with Crippen LogP contribution >= 0.6 is 0 Å². The van der Waals surface area contributed by atoms with E-state index in [1.54, 1.807) is 0 Å². The number of hydrogen-bond acceptors (Lipinski definition) is 0. The summed E-state index contributed by atoms with van der Waals surface area (Å²) in [6.07, 6.45) is 0. The molecule has 1 aliphatic rings. The van der Waals surface area contributed by atoms with Crippen LogP contribution in [-0.2, 0) is 5.41 Å². The molecule has 1 aliphatic carbocycles. The Labute approximate surface area is 229 Å². The van der Waals surface area contributed by atoms with Crippen LogP contribution in [0.15, 0.2) is 121 Å². The second kappa shape index (κ2) is 7.94. The molecule has 0 N–H and O–H groups in total. The van der Waals surface area contributed by atoms with Crippen molar-refractivity contribution < 1.29 is 0 Å². The van der Waals surface area contributed by atoms with Crippen molar-refractivity contribution in [3.8, 4) is 27.9 Å². The van der Waals surface area contributed by atoms with Crippen molar-refractivity contribution >= 4 is 32.6 Å². The Morgan fingerprint density at radius 1 is 0.538 bits per heavy atom. The molecule has 1 aromatic heterocycles. The smallest absolute Gasteiger partial charge is 0.0547 e. The quantitative estimate of drug-likeness (QED) is 0.223. The highest BCUT2D eigenvalue weighted by Gasteiger charge is 2.35. The summed E-state index contributed by atoms with van der Waals surface area (Å²) < 4.78 is 2.42. The molecule has 0 unspecified atom stereocenters. The van der Waals surface area contributed by atoms with E-state index in [-0.39, 0.29) is 5.41 Å². The highest BCUT2D eigenvalue weighted by atomic mass is 15.0. The van der Waals surface area contributed by atoms with Gasteiger partial charge in [0, 0.05) is 21.9 Å². The van der Waals surface area contributed by atoms with Crippen LogP contribution in [0.25, 0.3) is 60.5 Å². The van der Waals surface area contributed by atoms with Crippen molar-refractivity contribution in [1.29, 1.82) is 0 Å². The third kappa shape index (κ3) is 3.14. The van der Waals surface area contributed by atoms with Gasteiger partial charge in [0.1, 0.15) is 0 Å². The van der Waals surface area contributed by atoms with Gasteiger partial charge >= 0.3 is 0 Å². The zero-order valence-corrected chi connectivity index (χ0v) is 22.5. The van der Waals surface area contributed by atoms with Gasteiger partial charge in [0.15, 0.2) is 0 Å². The average molecular weight is 500 g/mol. The molecule has 6 aromatic carbocycles. The normalized spacial score (nSPS) is 13.7. The Bertz CT molecular complexity index is 2090. The highest BCUT2D eigenvalue weighted by molar-refractivity contribution is 6.21.